The number of benzene rings is 1. The van der Waals surface area contributed by atoms with Crippen molar-refractivity contribution < 1.29 is 4.79 Å². The van der Waals surface area contributed by atoms with Crippen LogP contribution >= 0.6 is 0 Å². The summed E-state index contributed by atoms with van der Waals surface area (Å²) >= 11 is 0. The van der Waals surface area contributed by atoms with Crippen molar-refractivity contribution in [2.45, 2.75) is 33.7 Å². The number of carbonyl (C=O) groups excluding carboxylic acids is 1. The van der Waals surface area contributed by atoms with Gasteiger partial charge in [-0.1, -0.05) is 0 Å². The van der Waals surface area contributed by atoms with Gasteiger partial charge in [0.05, 0.1) is 0 Å². The molecule has 3 heteroatoms. The maximum absolute atomic E-state index is 12.3. The Hall–Kier alpha value is -1.51. The second-order valence-corrected chi connectivity index (χ2v) is 4.46. The summed E-state index contributed by atoms with van der Waals surface area (Å²) in [4.78, 5) is 14.1. The van der Waals surface area contributed by atoms with Gasteiger partial charge in [0.1, 0.15) is 0 Å². The first-order valence-electron chi connectivity index (χ1n) is 6.10. The average Bonchev–Trinajstić information content (AvgIpc) is 2.29. The number of hydrogen-bond acceptors (Lipinski definition) is 2. The van der Waals surface area contributed by atoms with Gasteiger partial charge >= 0.3 is 0 Å². The highest BCUT2D eigenvalue weighted by atomic mass is 16.2. The molecule has 0 fully saturated rings. The Balaban J connectivity index is 3.00. The molecule has 1 aromatic rings. The molecule has 1 aromatic carbocycles. The Morgan fingerprint density at radius 3 is 2.47 bits per heavy atom. The van der Waals surface area contributed by atoms with E-state index in [0.29, 0.717) is 0 Å². The summed E-state index contributed by atoms with van der Waals surface area (Å²) in [5, 5.41) is 3.10. The first-order valence-corrected chi connectivity index (χ1v) is 6.10. The lowest BCUT2D eigenvalue weighted by molar-refractivity contribution is 0.0717. The van der Waals surface area contributed by atoms with Gasteiger partial charge < -0.3 is 10.2 Å². The first-order chi connectivity index (χ1) is 8.01. The van der Waals surface area contributed by atoms with Crippen LogP contribution in [0, 0.1) is 6.92 Å². The highest BCUT2D eigenvalue weighted by Crippen LogP contribution is 2.17. The van der Waals surface area contributed by atoms with E-state index in [1.165, 1.54) is 0 Å². The zero-order valence-corrected chi connectivity index (χ0v) is 11.4. The van der Waals surface area contributed by atoms with Crippen LogP contribution in [0.2, 0.25) is 0 Å². The van der Waals surface area contributed by atoms with Crippen molar-refractivity contribution in [3.63, 3.8) is 0 Å². The molecule has 1 N–H and O–H groups in total. The number of aryl methyl sites for hydroxylation is 1. The van der Waals surface area contributed by atoms with Crippen LogP contribution in [-0.2, 0) is 0 Å². The summed E-state index contributed by atoms with van der Waals surface area (Å²) in [5.41, 5.74) is 2.92. The lowest BCUT2D eigenvalue weighted by Crippen LogP contribution is -2.36. The van der Waals surface area contributed by atoms with E-state index in [4.69, 9.17) is 0 Å². The Morgan fingerprint density at radius 1 is 1.41 bits per heavy atom. The van der Waals surface area contributed by atoms with Gasteiger partial charge in [0.25, 0.3) is 5.91 Å². The monoisotopic (exact) mass is 234 g/mol. The predicted octanol–water partition coefficient (Wildman–Crippen LogP) is 2.91. The second kappa shape index (κ2) is 5.71. The third-order valence-electron chi connectivity index (χ3n) is 2.97. The minimum absolute atomic E-state index is 0.105. The fourth-order valence-electron chi connectivity index (χ4n) is 1.99. The highest BCUT2D eigenvalue weighted by Gasteiger charge is 2.17. The van der Waals surface area contributed by atoms with Gasteiger partial charge in [0.2, 0.25) is 0 Å². The van der Waals surface area contributed by atoms with E-state index in [1.54, 1.807) is 0 Å². The molecule has 17 heavy (non-hydrogen) atoms. The second-order valence-electron chi connectivity index (χ2n) is 4.46. The Kier molecular flexibility index (Phi) is 4.55. The first kappa shape index (κ1) is 13.6. The minimum atomic E-state index is 0.105. The molecule has 0 aliphatic rings. The molecule has 0 atom stereocenters. The van der Waals surface area contributed by atoms with Gasteiger partial charge in [-0.25, -0.2) is 0 Å². The summed E-state index contributed by atoms with van der Waals surface area (Å²) < 4.78 is 0. The summed E-state index contributed by atoms with van der Waals surface area (Å²) in [6.07, 6.45) is 0. The fraction of sp³-hybridized carbons (Fsp3) is 0.500. The summed E-state index contributed by atoms with van der Waals surface area (Å²) in [6.45, 7) is 8.83. The van der Waals surface area contributed by atoms with E-state index >= 15 is 0 Å². The van der Waals surface area contributed by atoms with Crippen molar-refractivity contribution in [1.29, 1.82) is 0 Å². The molecule has 0 aromatic heterocycles. The van der Waals surface area contributed by atoms with Crippen molar-refractivity contribution >= 4 is 11.6 Å². The normalized spacial score (nSPS) is 10.5. The molecule has 0 aliphatic carbocycles. The molecular formula is C14H22N2O. The van der Waals surface area contributed by atoms with Crippen molar-refractivity contribution in [2.24, 2.45) is 0 Å². The van der Waals surface area contributed by atoms with Crippen molar-refractivity contribution in [3.05, 3.63) is 29.3 Å². The maximum atomic E-state index is 12.3. The summed E-state index contributed by atoms with van der Waals surface area (Å²) in [5.74, 6) is 0.105. The number of nitrogens with one attached hydrogen (secondary N) is 1. The van der Waals surface area contributed by atoms with E-state index in [-0.39, 0.29) is 11.9 Å². The van der Waals surface area contributed by atoms with Crippen molar-refractivity contribution in [1.82, 2.24) is 4.90 Å². The molecule has 1 amide bonds. The largest absolute Gasteiger partial charge is 0.388 e. The molecule has 3 nitrogen and oxygen atoms in total. The van der Waals surface area contributed by atoms with Crippen LogP contribution in [0.25, 0.3) is 0 Å². The Bertz CT molecular complexity index is 399. The van der Waals surface area contributed by atoms with E-state index in [2.05, 4.69) is 5.32 Å². The highest BCUT2D eigenvalue weighted by molar-refractivity contribution is 5.95. The van der Waals surface area contributed by atoms with Crippen LogP contribution in [0.3, 0.4) is 0 Å². The van der Waals surface area contributed by atoms with Crippen molar-refractivity contribution in [3.8, 4) is 0 Å². The van der Waals surface area contributed by atoms with Crippen LogP contribution in [-0.4, -0.2) is 30.4 Å². The zero-order valence-electron chi connectivity index (χ0n) is 11.4. The summed E-state index contributed by atoms with van der Waals surface area (Å²) in [7, 11) is 1.89. The number of anilines is 1. The van der Waals surface area contributed by atoms with Gasteiger partial charge in [-0.3, -0.25) is 4.79 Å². The minimum Gasteiger partial charge on any atom is -0.388 e. The van der Waals surface area contributed by atoms with Crippen LogP contribution in [0.15, 0.2) is 18.2 Å². The van der Waals surface area contributed by atoms with Gasteiger partial charge in [-0.2, -0.15) is 0 Å². The molecule has 0 bridgehead atoms. The smallest absolute Gasteiger partial charge is 0.254 e. The molecule has 0 saturated heterocycles. The molecule has 0 saturated carbocycles. The van der Waals surface area contributed by atoms with Crippen LogP contribution in [0.4, 0.5) is 5.69 Å². The summed E-state index contributed by atoms with van der Waals surface area (Å²) in [6, 6.07) is 6.01. The standard InChI is InChI=1S/C14H22N2O/c1-6-16(10(2)3)14(17)12-7-8-13(15-5)11(4)9-12/h7-10,15H,6H2,1-5H3. The quantitative estimate of drug-likeness (QED) is 0.868. The number of carbonyl (C=O) groups is 1. The molecule has 0 heterocycles. The Labute approximate surface area is 104 Å². The zero-order chi connectivity index (χ0) is 13.0. The number of amides is 1. The van der Waals surface area contributed by atoms with Gasteiger partial charge in [0, 0.05) is 30.9 Å². The SMILES string of the molecule is CCN(C(=O)c1ccc(NC)c(C)c1)C(C)C. The van der Waals surface area contributed by atoms with E-state index < -0.39 is 0 Å². The van der Waals surface area contributed by atoms with Crippen LogP contribution < -0.4 is 5.32 Å². The Morgan fingerprint density at radius 2 is 2.06 bits per heavy atom. The van der Waals surface area contributed by atoms with Crippen LogP contribution in [0.1, 0.15) is 36.7 Å². The topological polar surface area (TPSA) is 32.3 Å². The van der Waals surface area contributed by atoms with Gasteiger partial charge in [-0.15, -0.1) is 0 Å². The van der Waals surface area contributed by atoms with Crippen molar-refractivity contribution in [2.75, 3.05) is 18.9 Å². The van der Waals surface area contributed by atoms with E-state index in [1.807, 2.05) is 57.8 Å². The van der Waals surface area contributed by atoms with Gasteiger partial charge in [-0.05, 0) is 51.5 Å². The molecule has 0 aliphatic heterocycles. The average molecular weight is 234 g/mol. The fourth-order valence-corrected chi connectivity index (χ4v) is 1.99. The third-order valence-corrected chi connectivity index (χ3v) is 2.97. The molecular weight excluding hydrogens is 212 g/mol. The van der Waals surface area contributed by atoms with E-state index in [0.717, 1.165) is 23.4 Å². The van der Waals surface area contributed by atoms with E-state index in [9.17, 15) is 4.79 Å². The lowest BCUT2D eigenvalue weighted by atomic mass is 10.1. The maximum Gasteiger partial charge on any atom is 0.254 e. The lowest BCUT2D eigenvalue weighted by Gasteiger charge is -2.25. The molecule has 0 spiro atoms. The molecule has 0 radical (unpaired) electrons. The third kappa shape index (κ3) is 2.99. The molecule has 94 valence electrons. The number of rotatable bonds is 4. The number of hydrogen-bond donors (Lipinski definition) is 1. The molecule has 1 rings (SSSR count). The number of nitrogens with zero attached hydrogens (tertiary/aromatic N) is 1. The van der Waals surface area contributed by atoms with Gasteiger partial charge in [0.15, 0.2) is 0 Å². The molecule has 0 unspecified atom stereocenters. The van der Waals surface area contributed by atoms with Crippen LogP contribution in [0.5, 0.6) is 0 Å². The predicted molar refractivity (Wildman–Crippen MR) is 72.6 cm³/mol.